The van der Waals surface area contributed by atoms with Crippen LogP contribution in [0.1, 0.15) is 26.7 Å². The minimum absolute atomic E-state index is 0.0395. The Morgan fingerprint density at radius 1 is 1.48 bits per heavy atom. The molecule has 1 aromatic rings. The lowest BCUT2D eigenvalue weighted by atomic mass is 10.2. The highest BCUT2D eigenvalue weighted by Crippen LogP contribution is 2.34. The van der Waals surface area contributed by atoms with Gasteiger partial charge in [0, 0.05) is 6.07 Å². The Labute approximate surface area is 132 Å². The topological polar surface area (TPSA) is 112 Å². The summed E-state index contributed by atoms with van der Waals surface area (Å²) in [5.41, 5.74) is 0. The molecule has 1 aliphatic rings. The van der Waals surface area contributed by atoms with E-state index in [9.17, 15) is 19.7 Å². The van der Waals surface area contributed by atoms with Crippen LogP contribution in [0.15, 0.2) is 12.1 Å². The van der Waals surface area contributed by atoms with Gasteiger partial charge in [0.05, 0.1) is 6.61 Å². The van der Waals surface area contributed by atoms with Crippen LogP contribution in [0.3, 0.4) is 0 Å². The third-order valence-corrected chi connectivity index (χ3v) is 3.20. The van der Waals surface area contributed by atoms with Crippen LogP contribution in [0.4, 0.5) is 11.6 Å². The molecule has 1 aliphatic heterocycles. The van der Waals surface area contributed by atoms with Crippen molar-refractivity contribution in [2.24, 2.45) is 0 Å². The lowest BCUT2D eigenvalue weighted by molar-refractivity contribution is -0.389. The Hall–Kier alpha value is -2.71. The Morgan fingerprint density at radius 3 is 2.83 bits per heavy atom. The third kappa shape index (κ3) is 3.55. The van der Waals surface area contributed by atoms with Crippen molar-refractivity contribution in [2.45, 2.75) is 32.8 Å². The maximum atomic E-state index is 12.4. The second-order valence-corrected chi connectivity index (χ2v) is 4.91. The van der Waals surface area contributed by atoms with Crippen molar-refractivity contribution in [3.8, 4) is 5.75 Å². The highest BCUT2D eigenvalue weighted by atomic mass is 16.6. The van der Waals surface area contributed by atoms with Gasteiger partial charge in [-0.3, -0.25) is 14.5 Å². The maximum absolute atomic E-state index is 12.4. The number of anilines is 1. The molecule has 0 spiro atoms. The molecule has 0 N–H and O–H groups in total. The second-order valence-electron chi connectivity index (χ2n) is 4.91. The summed E-state index contributed by atoms with van der Waals surface area (Å²) in [5.74, 6) is -1.31. The zero-order chi connectivity index (χ0) is 17.0. The van der Waals surface area contributed by atoms with Crippen molar-refractivity contribution in [3.63, 3.8) is 0 Å². The van der Waals surface area contributed by atoms with Gasteiger partial charge in [0.25, 0.3) is 11.7 Å². The number of hydrogen-bond donors (Lipinski definition) is 0. The number of nitro groups is 1. The zero-order valence-electron chi connectivity index (χ0n) is 12.9. The van der Waals surface area contributed by atoms with E-state index in [0.717, 1.165) is 4.90 Å². The van der Waals surface area contributed by atoms with E-state index in [0.29, 0.717) is 12.8 Å². The maximum Gasteiger partial charge on any atom is 0.366 e. The van der Waals surface area contributed by atoms with Crippen LogP contribution in [0.2, 0.25) is 0 Å². The van der Waals surface area contributed by atoms with Gasteiger partial charge in [-0.05, 0) is 28.8 Å². The molecule has 1 atom stereocenters. The van der Waals surface area contributed by atoms with Gasteiger partial charge in [-0.2, -0.15) is 0 Å². The normalized spacial score (nSPS) is 16.5. The molecule has 9 heteroatoms. The van der Waals surface area contributed by atoms with E-state index < -0.39 is 28.7 Å². The molecule has 0 fully saturated rings. The van der Waals surface area contributed by atoms with Gasteiger partial charge in [-0.1, -0.05) is 13.8 Å². The first-order valence-corrected chi connectivity index (χ1v) is 7.27. The van der Waals surface area contributed by atoms with Gasteiger partial charge in [-0.25, -0.2) is 0 Å². The van der Waals surface area contributed by atoms with Gasteiger partial charge >= 0.3 is 11.8 Å². The first-order valence-electron chi connectivity index (χ1n) is 7.27. The molecule has 23 heavy (non-hydrogen) atoms. The number of carbonyl (C=O) groups excluding carboxylic acids is 2. The molecule has 124 valence electrons. The highest BCUT2D eigenvalue weighted by Gasteiger charge is 2.39. The number of amides is 1. The predicted octanol–water partition coefficient (Wildman–Crippen LogP) is 1.45. The summed E-state index contributed by atoms with van der Waals surface area (Å²) in [6.07, 6.45) is 0.293. The number of aromatic nitrogens is 1. The first kappa shape index (κ1) is 16.7. The average molecular weight is 323 g/mol. The first-order chi connectivity index (χ1) is 11.0. The van der Waals surface area contributed by atoms with E-state index in [-0.39, 0.29) is 24.7 Å². The van der Waals surface area contributed by atoms with Gasteiger partial charge in [-0.15, -0.1) is 0 Å². The van der Waals surface area contributed by atoms with Crippen LogP contribution >= 0.6 is 0 Å². The molecule has 1 amide bonds. The second kappa shape index (κ2) is 7.03. The minimum Gasteiger partial charge on any atom is -0.474 e. The smallest absolute Gasteiger partial charge is 0.366 e. The lowest BCUT2D eigenvalue weighted by Gasteiger charge is -2.29. The molecule has 0 aliphatic carbocycles. The Kier molecular flexibility index (Phi) is 5.09. The molecular formula is C14H17N3O6. The molecule has 0 saturated heterocycles. The Morgan fingerprint density at radius 2 is 2.22 bits per heavy atom. The number of fused-ring (bicyclic) bond motifs is 1. The number of ether oxygens (including phenoxy) is 2. The quantitative estimate of drug-likeness (QED) is 0.442. The fraction of sp³-hybridized carbons (Fsp3) is 0.500. The molecule has 0 radical (unpaired) electrons. The summed E-state index contributed by atoms with van der Waals surface area (Å²) in [4.78, 5) is 39.3. The fourth-order valence-corrected chi connectivity index (χ4v) is 2.10. The van der Waals surface area contributed by atoms with Crippen LogP contribution in [-0.4, -0.2) is 41.0 Å². The van der Waals surface area contributed by atoms with E-state index in [4.69, 9.17) is 9.47 Å². The van der Waals surface area contributed by atoms with Crippen LogP contribution in [0.5, 0.6) is 5.75 Å². The van der Waals surface area contributed by atoms with Crippen LogP contribution in [-0.2, 0) is 14.3 Å². The van der Waals surface area contributed by atoms with E-state index in [1.807, 2.05) is 6.92 Å². The summed E-state index contributed by atoms with van der Waals surface area (Å²) >= 11 is 0. The Bertz CT molecular complexity index is 633. The minimum atomic E-state index is -0.760. The van der Waals surface area contributed by atoms with Crippen LogP contribution in [0, 0.1) is 10.1 Å². The van der Waals surface area contributed by atoms with E-state index in [1.54, 1.807) is 6.92 Å². The number of rotatable bonds is 6. The molecular weight excluding hydrogens is 306 g/mol. The van der Waals surface area contributed by atoms with Gasteiger partial charge < -0.3 is 19.6 Å². The molecule has 0 bridgehead atoms. The largest absolute Gasteiger partial charge is 0.474 e. The molecule has 2 rings (SSSR count). The fourth-order valence-electron chi connectivity index (χ4n) is 2.10. The molecule has 9 nitrogen and oxygen atoms in total. The number of carbonyl (C=O) groups is 2. The van der Waals surface area contributed by atoms with Crippen molar-refractivity contribution >= 4 is 23.5 Å². The summed E-state index contributed by atoms with van der Waals surface area (Å²) in [5, 5.41) is 10.9. The van der Waals surface area contributed by atoms with Gasteiger partial charge in [0.1, 0.15) is 6.54 Å². The molecule has 1 aromatic heterocycles. The Balaban J connectivity index is 2.34. The third-order valence-electron chi connectivity index (χ3n) is 3.20. The lowest BCUT2D eigenvalue weighted by Crippen LogP contribution is -2.48. The van der Waals surface area contributed by atoms with Crippen molar-refractivity contribution in [1.29, 1.82) is 0 Å². The van der Waals surface area contributed by atoms with E-state index in [2.05, 4.69) is 4.98 Å². The molecule has 0 aromatic carbocycles. The summed E-state index contributed by atoms with van der Waals surface area (Å²) in [6, 6.07) is 2.56. The standard InChI is InChI=1S/C14H17N3O6/c1-3-7-22-12(18)8-16-13-10(23-9(4-2)14(16)19)5-6-11(15-13)17(20)21/h5-6,9H,3-4,7-8H2,1-2H3. The number of pyridine rings is 1. The SMILES string of the molecule is CCCOC(=O)CN1C(=O)C(CC)Oc2ccc([N+](=O)[O-])nc21. The monoisotopic (exact) mass is 323 g/mol. The molecule has 2 heterocycles. The number of esters is 1. The summed E-state index contributed by atoms with van der Waals surface area (Å²) < 4.78 is 10.5. The highest BCUT2D eigenvalue weighted by molar-refractivity contribution is 6.02. The molecule has 0 saturated carbocycles. The van der Waals surface area contributed by atoms with Crippen molar-refractivity contribution in [2.75, 3.05) is 18.1 Å². The number of nitrogens with zero attached hydrogens (tertiary/aromatic N) is 3. The van der Waals surface area contributed by atoms with Crippen molar-refractivity contribution in [3.05, 3.63) is 22.2 Å². The average Bonchev–Trinajstić information content (AvgIpc) is 2.54. The van der Waals surface area contributed by atoms with Crippen LogP contribution < -0.4 is 9.64 Å². The van der Waals surface area contributed by atoms with E-state index in [1.165, 1.54) is 12.1 Å². The van der Waals surface area contributed by atoms with Gasteiger partial charge in [0.2, 0.25) is 0 Å². The zero-order valence-corrected chi connectivity index (χ0v) is 12.9. The molecule has 1 unspecified atom stereocenters. The van der Waals surface area contributed by atoms with Crippen molar-refractivity contribution in [1.82, 2.24) is 4.98 Å². The summed E-state index contributed by atoms with van der Waals surface area (Å²) in [6.45, 7) is 3.49. The van der Waals surface area contributed by atoms with E-state index >= 15 is 0 Å². The summed E-state index contributed by atoms with van der Waals surface area (Å²) in [7, 11) is 0. The predicted molar refractivity (Wildman–Crippen MR) is 79.2 cm³/mol. The van der Waals surface area contributed by atoms with Gasteiger partial charge in [0.15, 0.2) is 11.9 Å². The van der Waals surface area contributed by atoms with Crippen molar-refractivity contribution < 1.29 is 24.0 Å². The number of hydrogen-bond acceptors (Lipinski definition) is 7. The van der Waals surface area contributed by atoms with Crippen LogP contribution in [0.25, 0.3) is 0 Å².